The lowest BCUT2D eigenvalue weighted by molar-refractivity contribution is 0.101. The molecule has 0 aliphatic carbocycles. The molecule has 0 amide bonds. The topological polar surface area (TPSA) is 79.9 Å². The van der Waals surface area contributed by atoms with Gasteiger partial charge in [-0.3, -0.25) is 9.59 Å². The van der Waals surface area contributed by atoms with E-state index in [9.17, 15) is 9.59 Å². The summed E-state index contributed by atoms with van der Waals surface area (Å²) in [5.74, 6) is 1.73. The van der Waals surface area contributed by atoms with Crippen LogP contribution in [0.3, 0.4) is 0 Å². The predicted molar refractivity (Wildman–Crippen MR) is 232 cm³/mol. The van der Waals surface area contributed by atoms with Gasteiger partial charge in [0.1, 0.15) is 11.4 Å². The third kappa shape index (κ3) is 26.1. The van der Waals surface area contributed by atoms with Gasteiger partial charge in [-0.05, 0) is 63.3 Å². The van der Waals surface area contributed by atoms with Gasteiger partial charge < -0.3 is 25.0 Å². The van der Waals surface area contributed by atoms with Crippen LogP contribution in [0, 0.1) is 11.8 Å². The quantitative estimate of drug-likeness (QED) is 0.0509. The lowest BCUT2D eigenvalue weighted by Crippen LogP contribution is -2.37. The van der Waals surface area contributed by atoms with Gasteiger partial charge >= 0.3 is 0 Å². The average Bonchev–Trinajstić information content (AvgIpc) is 3.17. The van der Waals surface area contributed by atoms with Crippen molar-refractivity contribution in [3.8, 4) is 0 Å². The summed E-state index contributed by atoms with van der Waals surface area (Å²) in [7, 11) is 1.69. The van der Waals surface area contributed by atoms with Crippen LogP contribution >= 0.6 is 0 Å². The van der Waals surface area contributed by atoms with Gasteiger partial charge in [0.2, 0.25) is 0 Å². The van der Waals surface area contributed by atoms with Crippen molar-refractivity contribution in [1.29, 1.82) is 0 Å². The fourth-order valence-corrected chi connectivity index (χ4v) is 7.86. The molecule has 0 heterocycles. The molecule has 53 heavy (non-hydrogen) atoms. The minimum atomic E-state index is -0.417. The number of nitrogens with zero attached hydrogens (tertiary/aromatic N) is 1. The Labute approximate surface area is 328 Å². The lowest BCUT2D eigenvalue weighted by Gasteiger charge is -2.23. The molecule has 0 fully saturated rings. The maximum atomic E-state index is 12.0. The SMILES string of the molecule is CCCCCCCCC(CCCCCCCC)CCCOCCCN(CCCNc1c(NC)c(=O)c1=O)CCCOCCCC(CC)CCCCCC. The monoisotopic (exact) mass is 748 g/mol. The van der Waals surface area contributed by atoms with Crippen molar-refractivity contribution in [1.82, 2.24) is 4.90 Å². The highest BCUT2D eigenvalue weighted by Crippen LogP contribution is 2.24. The van der Waals surface area contributed by atoms with E-state index in [1.807, 2.05) is 0 Å². The molecule has 0 aliphatic heterocycles. The molecule has 0 spiro atoms. The van der Waals surface area contributed by atoms with Crippen molar-refractivity contribution in [2.24, 2.45) is 11.8 Å². The van der Waals surface area contributed by atoms with E-state index in [0.29, 0.717) is 17.9 Å². The summed E-state index contributed by atoms with van der Waals surface area (Å²) < 4.78 is 12.3. The van der Waals surface area contributed by atoms with Crippen molar-refractivity contribution < 1.29 is 9.47 Å². The molecule has 1 unspecified atom stereocenters. The molecule has 0 saturated heterocycles. The van der Waals surface area contributed by atoms with Crippen LogP contribution in [-0.4, -0.2) is 64.6 Å². The number of hydrogen-bond donors (Lipinski definition) is 2. The predicted octanol–water partition coefficient (Wildman–Crippen LogP) is 11.9. The zero-order chi connectivity index (χ0) is 38.6. The number of nitrogens with one attached hydrogen (secondary N) is 2. The van der Waals surface area contributed by atoms with Crippen LogP contribution in [0.5, 0.6) is 0 Å². The van der Waals surface area contributed by atoms with Gasteiger partial charge in [-0.1, -0.05) is 156 Å². The van der Waals surface area contributed by atoms with E-state index in [-0.39, 0.29) is 0 Å². The molecular weight excluding hydrogens is 659 g/mol. The maximum absolute atomic E-state index is 12.0. The van der Waals surface area contributed by atoms with Gasteiger partial charge in [0, 0.05) is 53.1 Å². The zero-order valence-corrected chi connectivity index (χ0v) is 36.0. The van der Waals surface area contributed by atoms with Crippen LogP contribution in [0.15, 0.2) is 9.59 Å². The van der Waals surface area contributed by atoms with Gasteiger partial charge in [0.15, 0.2) is 0 Å². The van der Waals surface area contributed by atoms with E-state index in [2.05, 4.69) is 43.2 Å². The highest BCUT2D eigenvalue weighted by atomic mass is 16.5. The van der Waals surface area contributed by atoms with Crippen LogP contribution in [0.25, 0.3) is 0 Å². The lowest BCUT2D eigenvalue weighted by atomic mass is 9.90. The third-order valence-corrected chi connectivity index (χ3v) is 11.4. The minimum Gasteiger partial charge on any atom is -0.383 e. The second-order valence-electron chi connectivity index (χ2n) is 16.1. The van der Waals surface area contributed by atoms with Gasteiger partial charge in [0.25, 0.3) is 10.9 Å². The van der Waals surface area contributed by atoms with Crippen LogP contribution in [0.1, 0.15) is 201 Å². The molecular formula is C46H89N3O4. The summed E-state index contributed by atoms with van der Waals surface area (Å²) >= 11 is 0. The molecule has 0 bridgehead atoms. The Morgan fingerprint density at radius 1 is 0.472 bits per heavy atom. The number of unbranched alkanes of at least 4 members (excludes halogenated alkanes) is 13. The Morgan fingerprint density at radius 3 is 1.38 bits per heavy atom. The summed E-state index contributed by atoms with van der Waals surface area (Å²) in [6.07, 6.45) is 35.6. The van der Waals surface area contributed by atoms with Gasteiger partial charge in [-0.2, -0.15) is 0 Å². The number of rotatable bonds is 42. The first-order valence-electron chi connectivity index (χ1n) is 23.1. The first-order chi connectivity index (χ1) is 26.0. The van der Waals surface area contributed by atoms with E-state index in [4.69, 9.17) is 9.47 Å². The largest absolute Gasteiger partial charge is 0.383 e. The molecule has 1 rings (SSSR count). The van der Waals surface area contributed by atoms with Gasteiger partial charge in [-0.25, -0.2) is 0 Å². The Balaban J connectivity index is 2.40. The van der Waals surface area contributed by atoms with Crippen LogP contribution in [0.4, 0.5) is 11.4 Å². The molecule has 0 aromatic heterocycles. The first-order valence-corrected chi connectivity index (χ1v) is 23.1. The number of anilines is 2. The Bertz CT molecular complexity index is 978. The Kier molecular flexibility index (Phi) is 33.9. The normalized spacial score (nSPS) is 12.4. The molecule has 0 saturated carbocycles. The van der Waals surface area contributed by atoms with E-state index >= 15 is 0 Å². The van der Waals surface area contributed by atoms with Crippen LogP contribution in [-0.2, 0) is 9.47 Å². The molecule has 2 N–H and O–H groups in total. The fraction of sp³-hybridized carbons (Fsp3) is 0.913. The average molecular weight is 748 g/mol. The number of ether oxygens (including phenoxy) is 2. The summed E-state index contributed by atoms with van der Waals surface area (Å²) in [6, 6.07) is 0. The van der Waals surface area contributed by atoms with Crippen molar-refractivity contribution in [3.63, 3.8) is 0 Å². The minimum absolute atomic E-state index is 0.404. The highest BCUT2D eigenvalue weighted by Gasteiger charge is 2.19. The van der Waals surface area contributed by atoms with Crippen LogP contribution in [0.2, 0.25) is 0 Å². The zero-order valence-electron chi connectivity index (χ0n) is 36.0. The fourth-order valence-electron chi connectivity index (χ4n) is 7.86. The van der Waals surface area contributed by atoms with E-state index in [1.54, 1.807) is 7.05 Å². The summed E-state index contributed by atoms with van der Waals surface area (Å²) in [6.45, 7) is 16.3. The van der Waals surface area contributed by atoms with E-state index in [1.165, 1.54) is 154 Å². The molecule has 1 aromatic rings. The molecule has 1 atom stereocenters. The Hall–Kier alpha value is -1.44. The molecule has 312 valence electrons. The van der Waals surface area contributed by atoms with Crippen LogP contribution < -0.4 is 21.5 Å². The van der Waals surface area contributed by atoms with Gasteiger partial charge in [0.05, 0.1) is 0 Å². The maximum Gasteiger partial charge on any atom is 0.253 e. The Morgan fingerprint density at radius 2 is 0.868 bits per heavy atom. The summed E-state index contributed by atoms with van der Waals surface area (Å²) in [5, 5.41) is 6.05. The summed E-state index contributed by atoms with van der Waals surface area (Å²) in [4.78, 5) is 26.2. The molecule has 0 aliphatic rings. The second-order valence-corrected chi connectivity index (χ2v) is 16.1. The van der Waals surface area contributed by atoms with Crippen molar-refractivity contribution in [3.05, 3.63) is 20.4 Å². The van der Waals surface area contributed by atoms with Gasteiger partial charge in [-0.15, -0.1) is 0 Å². The smallest absolute Gasteiger partial charge is 0.253 e. The van der Waals surface area contributed by atoms with E-state index < -0.39 is 10.9 Å². The van der Waals surface area contributed by atoms with E-state index in [0.717, 1.165) is 77.2 Å². The highest BCUT2D eigenvalue weighted by molar-refractivity contribution is 5.73. The first kappa shape index (κ1) is 49.6. The van der Waals surface area contributed by atoms with Crippen molar-refractivity contribution in [2.75, 3.05) is 70.3 Å². The van der Waals surface area contributed by atoms with Crippen molar-refractivity contribution in [2.45, 2.75) is 201 Å². The second kappa shape index (κ2) is 36.2. The number of hydrogen-bond acceptors (Lipinski definition) is 7. The molecule has 1 aromatic carbocycles. The van der Waals surface area contributed by atoms with Crippen molar-refractivity contribution >= 4 is 11.4 Å². The molecule has 7 nitrogen and oxygen atoms in total. The molecule has 0 radical (unpaired) electrons. The third-order valence-electron chi connectivity index (χ3n) is 11.4. The summed E-state index contributed by atoms with van der Waals surface area (Å²) in [5.41, 5.74) is 0.0377. The standard InChI is InChI=1S/C46H89N3O4/c1-6-10-13-16-18-21-29-42(30-22-19-17-14-11-7-2)32-24-38-53-40-27-36-49(34-25-33-48-44-43(47-5)45(50)46(44)51)35-26-39-52-37-23-31-41(9-4)28-20-15-12-8-3/h41-42,47-48H,6-40H2,1-5H3. The molecule has 7 heteroatoms.